The third kappa shape index (κ3) is 5.34. The fourth-order valence-corrected chi connectivity index (χ4v) is 4.47. The largest absolute Gasteiger partial charge is 0.416 e. The van der Waals surface area contributed by atoms with E-state index < -0.39 is 28.8 Å². The molecule has 1 aliphatic heterocycles. The van der Waals surface area contributed by atoms with Crippen LogP contribution in [0.2, 0.25) is 0 Å². The first-order valence-electron chi connectivity index (χ1n) is 12.0. The monoisotopic (exact) mass is 520 g/mol. The van der Waals surface area contributed by atoms with Crippen LogP contribution in [0.5, 0.6) is 0 Å². The number of benzene rings is 2. The van der Waals surface area contributed by atoms with Crippen molar-refractivity contribution in [3.05, 3.63) is 80.6 Å². The Hall–Kier alpha value is -3.40. The van der Waals surface area contributed by atoms with Gasteiger partial charge >= 0.3 is 6.18 Å². The molecule has 0 amide bonds. The van der Waals surface area contributed by atoms with E-state index in [4.69, 9.17) is 5.73 Å². The van der Waals surface area contributed by atoms with Gasteiger partial charge < -0.3 is 20.1 Å². The number of likely N-dealkylation sites (N-methyl/N-ethyl adjacent to an activating group) is 1. The molecule has 0 unspecified atom stereocenters. The number of nitrogens with zero attached hydrogens (tertiary/aromatic N) is 3. The van der Waals surface area contributed by atoms with Crippen molar-refractivity contribution in [1.29, 1.82) is 0 Å². The van der Waals surface area contributed by atoms with Crippen molar-refractivity contribution in [3.8, 4) is 0 Å². The second-order valence-electron chi connectivity index (χ2n) is 9.46. The number of hydrogen-bond donors (Lipinski definition) is 1. The lowest BCUT2D eigenvalue weighted by Gasteiger charge is -2.34. The molecule has 1 saturated heterocycles. The first-order valence-corrected chi connectivity index (χ1v) is 12.0. The number of anilines is 1. The third-order valence-electron chi connectivity index (χ3n) is 6.99. The van der Waals surface area contributed by atoms with Crippen LogP contribution in [0.1, 0.15) is 37.0 Å². The molecule has 3 aromatic rings. The molecule has 5 nitrogen and oxygen atoms in total. The molecule has 1 fully saturated rings. The van der Waals surface area contributed by atoms with Crippen LogP contribution in [-0.2, 0) is 12.7 Å². The normalized spacial score (nSPS) is 15.8. The van der Waals surface area contributed by atoms with Gasteiger partial charge in [-0.15, -0.1) is 0 Å². The van der Waals surface area contributed by atoms with Gasteiger partial charge in [0.1, 0.15) is 11.6 Å². The summed E-state index contributed by atoms with van der Waals surface area (Å²) in [5.74, 6) is -1.59. The first-order chi connectivity index (χ1) is 17.4. The molecule has 2 heterocycles. The van der Waals surface area contributed by atoms with Crippen LogP contribution in [0, 0.1) is 11.6 Å². The van der Waals surface area contributed by atoms with E-state index in [2.05, 4.69) is 4.90 Å². The quantitative estimate of drug-likeness (QED) is 0.470. The SMILES string of the molecule is CCC(C)=C(N)c1cn(Cc2ccc(C(F)(F)F)cc2F)c2cc(N3CCN(C)CC3)c(F)cc2c1=O. The lowest BCUT2D eigenvalue weighted by Crippen LogP contribution is -2.44. The van der Waals surface area contributed by atoms with Crippen molar-refractivity contribution < 1.29 is 22.0 Å². The summed E-state index contributed by atoms with van der Waals surface area (Å²) in [4.78, 5) is 17.4. The molecule has 0 radical (unpaired) electrons. The smallest absolute Gasteiger partial charge is 0.398 e. The Morgan fingerprint density at radius 3 is 2.30 bits per heavy atom. The lowest BCUT2D eigenvalue weighted by atomic mass is 10.0. The van der Waals surface area contributed by atoms with Crippen LogP contribution in [-0.4, -0.2) is 42.7 Å². The minimum absolute atomic E-state index is 0.0101. The Balaban J connectivity index is 1.91. The Morgan fingerprint density at radius 1 is 1.03 bits per heavy atom. The number of allylic oxidation sites excluding steroid dienone is 1. The second kappa shape index (κ2) is 10.2. The van der Waals surface area contributed by atoms with E-state index in [1.54, 1.807) is 17.6 Å². The summed E-state index contributed by atoms with van der Waals surface area (Å²) in [6, 6.07) is 5.06. The number of aromatic nitrogens is 1. The number of pyridine rings is 1. The maximum absolute atomic E-state index is 15.3. The summed E-state index contributed by atoms with van der Waals surface area (Å²) in [6.45, 7) is 6.10. The average Bonchev–Trinajstić information content (AvgIpc) is 2.85. The molecule has 0 bridgehead atoms. The fraction of sp³-hybridized carbons (Fsp3) is 0.370. The Bertz CT molecular complexity index is 1420. The summed E-state index contributed by atoms with van der Waals surface area (Å²) >= 11 is 0. The Morgan fingerprint density at radius 2 is 1.70 bits per heavy atom. The average molecular weight is 521 g/mol. The summed E-state index contributed by atoms with van der Waals surface area (Å²) in [5, 5.41) is 0.0621. The summed E-state index contributed by atoms with van der Waals surface area (Å²) in [6.07, 6.45) is -2.63. The second-order valence-corrected chi connectivity index (χ2v) is 9.46. The number of nitrogens with two attached hydrogens (primary N) is 1. The maximum atomic E-state index is 15.3. The predicted octanol–water partition coefficient (Wildman–Crippen LogP) is 5.20. The van der Waals surface area contributed by atoms with Crippen LogP contribution < -0.4 is 16.1 Å². The number of hydrogen-bond acceptors (Lipinski definition) is 4. The van der Waals surface area contributed by atoms with Crippen molar-refractivity contribution in [2.75, 3.05) is 38.1 Å². The van der Waals surface area contributed by atoms with E-state index in [1.807, 2.05) is 18.9 Å². The van der Waals surface area contributed by atoms with E-state index in [-0.39, 0.29) is 28.8 Å². The van der Waals surface area contributed by atoms with Crippen LogP contribution in [0.3, 0.4) is 0 Å². The number of piperazine rings is 1. The minimum atomic E-state index is -4.68. The van der Waals surface area contributed by atoms with Gasteiger partial charge in [-0.2, -0.15) is 13.2 Å². The van der Waals surface area contributed by atoms with Gasteiger partial charge in [0.25, 0.3) is 0 Å². The van der Waals surface area contributed by atoms with Crippen molar-refractivity contribution in [2.45, 2.75) is 33.0 Å². The molecule has 1 aromatic heterocycles. The van der Waals surface area contributed by atoms with Crippen molar-refractivity contribution in [1.82, 2.24) is 9.47 Å². The summed E-state index contributed by atoms with van der Waals surface area (Å²) in [5.41, 5.74) is 6.45. The molecule has 4 rings (SSSR count). The zero-order valence-corrected chi connectivity index (χ0v) is 20.9. The van der Waals surface area contributed by atoms with E-state index in [9.17, 15) is 22.4 Å². The van der Waals surface area contributed by atoms with E-state index in [1.165, 1.54) is 12.3 Å². The molecule has 10 heteroatoms. The van der Waals surface area contributed by atoms with Crippen molar-refractivity contribution in [3.63, 3.8) is 0 Å². The van der Waals surface area contributed by atoms with Crippen LogP contribution >= 0.6 is 0 Å². The predicted molar refractivity (Wildman–Crippen MR) is 135 cm³/mol. The van der Waals surface area contributed by atoms with Crippen LogP contribution in [0.4, 0.5) is 27.6 Å². The van der Waals surface area contributed by atoms with Gasteiger partial charge in [0.05, 0.1) is 28.9 Å². The first kappa shape index (κ1) is 26.7. The fourth-order valence-electron chi connectivity index (χ4n) is 4.47. The molecule has 2 N–H and O–H groups in total. The van der Waals surface area contributed by atoms with Gasteiger partial charge in [0.15, 0.2) is 5.43 Å². The summed E-state index contributed by atoms with van der Waals surface area (Å²) < 4.78 is 70.8. The number of fused-ring (bicyclic) bond motifs is 1. The lowest BCUT2D eigenvalue weighted by molar-refractivity contribution is -0.137. The number of rotatable bonds is 5. The van der Waals surface area contributed by atoms with Gasteiger partial charge in [0.2, 0.25) is 0 Å². The molecule has 1 aliphatic rings. The van der Waals surface area contributed by atoms with Crippen molar-refractivity contribution in [2.24, 2.45) is 5.73 Å². The minimum Gasteiger partial charge on any atom is -0.398 e. The van der Waals surface area contributed by atoms with E-state index in [0.29, 0.717) is 36.8 Å². The molecule has 2 aromatic carbocycles. The highest BCUT2D eigenvalue weighted by Crippen LogP contribution is 2.31. The highest BCUT2D eigenvalue weighted by molar-refractivity contribution is 5.86. The molecule has 198 valence electrons. The zero-order valence-electron chi connectivity index (χ0n) is 20.9. The van der Waals surface area contributed by atoms with Gasteiger partial charge in [-0.25, -0.2) is 8.78 Å². The maximum Gasteiger partial charge on any atom is 0.416 e. The van der Waals surface area contributed by atoms with Gasteiger partial charge in [-0.1, -0.05) is 13.0 Å². The Kier molecular flexibility index (Phi) is 7.32. The van der Waals surface area contributed by atoms with Gasteiger partial charge in [-0.3, -0.25) is 4.79 Å². The van der Waals surface area contributed by atoms with E-state index >= 15 is 4.39 Å². The van der Waals surface area contributed by atoms with Gasteiger partial charge in [0, 0.05) is 49.0 Å². The van der Waals surface area contributed by atoms with Crippen LogP contribution in [0.15, 0.2) is 46.9 Å². The van der Waals surface area contributed by atoms with Crippen molar-refractivity contribution >= 4 is 22.3 Å². The molecule has 0 aliphatic carbocycles. The molecule has 0 spiro atoms. The highest BCUT2D eigenvalue weighted by Gasteiger charge is 2.31. The summed E-state index contributed by atoms with van der Waals surface area (Å²) in [7, 11) is 1.97. The number of alkyl halides is 3. The molecule has 0 atom stereocenters. The molecule has 0 saturated carbocycles. The molecular weight excluding hydrogens is 491 g/mol. The zero-order chi connectivity index (χ0) is 27.1. The van der Waals surface area contributed by atoms with E-state index in [0.717, 1.165) is 30.8 Å². The van der Waals surface area contributed by atoms with Crippen LogP contribution in [0.25, 0.3) is 16.6 Å². The molecule has 37 heavy (non-hydrogen) atoms. The third-order valence-corrected chi connectivity index (χ3v) is 6.99. The topological polar surface area (TPSA) is 54.5 Å². The molecular formula is C27H29F5N4O. The highest BCUT2D eigenvalue weighted by atomic mass is 19.4. The number of halogens is 5. The Labute approximate surface area is 211 Å². The van der Waals surface area contributed by atoms with Gasteiger partial charge in [-0.05, 0) is 50.2 Å². The standard InChI is InChI=1S/C27H29F5N4O/c1-4-16(2)25(33)20-15-36(14-17-5-6-18(11-21(17)28)27(30,31)32)23-13-24(22(29)12-19(23)26(20)37)35-9-7-34(3)8-10-35/h5-6,11-13,15H,4,7-10,14,33H2,1-3H3.